The molecule has 0 saturated carbocycles. The van der Waals surface area contributed by atoms with E-state index in [4.69, 9.17) is 9.47 Å². The summed E-state index contributed by atoms with van der Waals surface area (Å²) in [6, 6.07) is -0.345. The van der Waals surface area contributed by atoms with Crippen LogP contribution in [0.5, 0.6) is 0 Å². The summed E-state index contributed by atoms with van der Waals surface area (Å²) in [5.41, 5.74) is 2.12. The van der Waals surface area contributed by atoms with Crippen molar-refractivity contribution >= 4 is 17.7 Å². The van der Waals surface area contributed by atoms with E-state index in [1.54, 1.807) is 13.8 Å². The molecule has 0 bridgehead atoms. The van der Waals surface area contributed by atoms with E-state index in [2.05, 4.69) is 9.88 Å². The molecule has 2 aliphatic heterocycles. The van der Waals surface area contributed by atoms with Crippen LogP contribution in [0, 0.1) is 13.8 Å². The predicted molar refractivity (Wildman–Crippen MR) is 103 cm³/mol. The molecule has 0 aliphatic carbocycles. The highest BCUT2D eigenvalue weighted by molar-refractivity contribution is 6.03. The Kier molecular flexibility index (Phi) is 6.20. The molecule has 0 radical (unpaired) electrons. The summed E-state index contributed by atoms with van der Waals surface area (Å²) in [4.78, 5) is 44.4. The topological polar surface area (TPSA) is 91.9 Å². The Balaban J connectivity index is 1.63. The van der Waals surface area contributed by atoms with Crippen LogP contribution in [0.3, 0.4) is 0 Å². The van der Waals surface area contributed by atoms with Crippen LogP contribution in [0.25, 0.3) is 0 Å². The van der Waals surface area contributed by atoms with Crippen LogP contribution in [0.1, 0.15) is 51.9 Å². The normalized spacial score (nSPS) is 21.6. The average Bonchev–Trinajstić information content (AvgIpc) is 3.34. The molecule has 2 aliphatic rings. The average molecular weight is 391 g/mol. The van der Waals surface area contributed by atoms with Gasteiger partial charge >= 0.3 is 5.97 Å². The number of carbonyl (C=O) groups excluding carboxylic acids is 3. The molecule has 2 fully saturated rings. The first-order valence-corrected chi connectivity index (χ1v) is 9.81. The molecule has 1 aromatic heterocycles. The summed E-state index contributed by atoms with van der Waals surface area (Å²) < 4.78 is 10.3. The van der Waals surface area contributed by atoms with Crippen LogP contribution >= 0.6 is 0 Å². The number of piperazine rings is 1. The van der Waals surface area contributed by atoms with Crippen molar-refractivity contribution in [1.82, 2.24) is 14.8 Å². The van der Waals surface area contributed by atoms with Crippen molar-refractivity contribution < 1.29 is 23.9 Å². The number of methoxy groups -OCH3 is 1. The van der Waals surface area contributed by atoms with E-state index in [1.807, 2.05) is 11.8 Å². The molecule has 28 heavy (non-hydrogen) atoms. The fourth-order valence-electron chi connectivity index (χ4n) is 4.09. The Bertz CT molecular complexity index is 758. The fraction of sp³-hybridized carbons (Fsp3) is 0.650. The Morgan fingerprint density at radius 1 is 1.18 bits per heavy atom. The number of ether oxygens (including phenoxy) is 2. The summed E-state index contributed by atoms with van der Waals surface area (Å²) in [7, 11) is 1.33. The minimum atomic E-state index is -0.445. The second-order valence-electron chi connectivity index (χ2n) is 7.52. The summed E-state index contributed by atoms with van der Waals surface area (Å²) in [6.45, 7) is 8.49. The number of ketones is 1. The molecular weight excluding hydrogens is 362 g/mol. The zero-order valence-electron chi connectivity index (χ0n) is 17.0. The van der Waals surface area contributed by atoms with Crippen LogP contribution in [-0.2, 0) is 14.3 Å². The second-order valence-corrected chi connectivity index (χ2v) is 7.52. The lowest BCUT2D eigenvalue weighted by Crippen LogP contribution is -2.54. The van der Waals surface area contributed by atoms with Crippen molar-refractivity contribution in [3.63, 3.8) is 0 Å². The van der Waals surface area contributed by atoms with Gasteiger partial charge in [-0.05, 0) is 39.2 Å². The molecule has 1 amide bonds. The third kappa shape index (κ3) is 3.84. The third-order valence-corrected chi connectivity index (χ3v) is 5.83. The maximum atomic E-state index is 13.0. The predicted octanol–water partition coefficient (Wildman–Crippen LogP) is 1.31. The molecule has 2 atom stereocenters. The summed E-state index contributed by atoms with van der Waals surface area (Å²) in [5, 5.41) is 0. The maximum Gasteiger partial charge on any atom is 0.339 e. The van der Waals surface area contributed by atoms with Gasteiger partial charge in [-0.25, -0.2) is 4.79 Å². The zero-order valence-corrected chi connectivity index (χ0v) is 17.0. The van der Waals surface area contributed by atoms with Crippen LogP contribution in [0.2, 0.25) is 0 Å². The molecule has 0 aromatic carbocycles. The lowest BCUT2D eigenvalue weighted by molar-refractivity contribution is -0.142. The molecule has 0 spiro atoms. The first kappa shape index (κ1) is 20.5. The molecule has 8 heteroatoms. The van der Waals surface area contributed by atoms with Crippen LogP contribution in [-0.4, -0.2) is 84.5 Å². The van der Waals surface area contributed by atoms with Gasteiger partial charge in [-0.3, -0.25) is 14.5 Å². The number of aromatic nitrogens is 1. The highest BCUT2D eigenvalue weighted by Gasteiger charge is 2.34. The lowest BCUT2D eigenvalue weighted by Gasteiger charge is -2.38. The maximum absolute atomic E-state index is 13.0. The Morgan fingerprint density at radius 3 is 2.43 bits per heavy atom. The first-order chi connectivity index (χ1) is 13.3. The molecule has 3 rings (SSSR count). The van der Waals surface area contributed by atoms with E-state index in [-0.39, 0.29) is 23.8 Å². The van der Waals surface area contributed by atoms with Gasteiger partial charge in [-0.2, -0.15) is 0 Å². The second kappa shape index (κ2) is 8.45. The molecule has 1 N–H and O–H groups in total. The number of amides is 1. The summed E-state index contributed by atoms with van der Waals surface area (Å²) >= 11 is 0. The fourth-order valence-corrected chi connectivity index (χ4v) is 4.09. The zero-order chi connectivity index (χ0) is 20.4. The largest absolute Gasteiger partial charge is 0.465 e. The highest BCUT2D eigenvalue weighted by Crippen LogP contribution is 2.22. The van der Waals surface area contributed by atoms with Gasteiger partial charge in [0.1, 0.15) is 6.10 Å². The van der Waals surface area contributed by atoms with E-state index in [9.17, 15) is 14.4 Å². The van der Waals surface area contributed by atoms with Crippen LogP contribution < -0.4 is 0 Å². The van der Waals surface area contributed by atoms with Gasteiger partial charge in [0.2, 0.25) is 0 Å². The molecule has 0 unspecified atom stereocenters. The van der Waals surface area contributed by atoms with Crippen molar-refractivity contribution in [2.45, 2.75) is 45.8 Å². The first-order valence-electron chi connectivity index (χ1n) is 9.81. The number of H-pyrrole nitrogens is 1. The number of aromatic amines is 1. The monoisotopic (exact) mass is 391 g/mol. The van der Waals surface area contributed by atoms with Crippen LogP contribution in [0.15, 0.2) is 0 Å². The molecule has 154 valence electrons. The number of carbonyl (C=O) groups is 3. The number of nitrogens with zero attached hydrogens (tertiary/aromatic N) is 2. The number of aryl methyl sites for hydroxylation is 1. The van der Waals surface area contributed by atoms with Crippen molar-refractivity contribution in [2.24, 2.45) is 0 Å². The van der Waals surface area contributed by atoms with Gasteiger partial charge < -0.3 is 19.4 Å². The molecule has 8 nitrogen and oxygen atoms in total. The standard InChI is InChI=1S/C20H29N3O5/c1-12-16(20(26)27-4)13(2)21-17(12)18(24)14(3)22-7-9-23(10-8-22)19(25)15-6-5-11-28-15/h14-15,21H,5-11H2,1-4H3/t14-,15+/m0/s1. The van der Waals surface area contributed by atoms with E-state index >= 15 is 0 Å². The van der Waals surface area contributed by atoms with Gasteiger partial charge in [0.15, 0.2) is 5.78 Å². The van der Waals surface area contributed by atoms with E-state index in [0.29, 0.717) is 55.3 Å². The van der Waals surface area contributed by atoms with Crippen molar-refractivity contribution in [1.29, 1.82) is 0 Å². The molecule has 3 heterocycles. The number of Topliss-reactive ketones (excluding diaryl/α,β-unsaturated/α-hetero) is 1. The number of hydrogen-bond acceptors (Lipinski definition) is 6. The van der Waals surface area contributed by atoms with E-state index < -0.39 is 5.97 Å². The Morgan fingerprint density at radius 2 is 1.86 bits per heavy atom. The van der Waals surface area contributed by atoms with Crippen molar-refractivity contribution in [3.05, 3.63) is 22.5 Å². The minimum absolute atomic E-state index is 0.0605. The summed E-state index contributed by atoms with van der Waals surface area (Å²) in [5.74, 6) is -0.441. The Hall–Kier alpha value is -2.19. The Labute approximate surface area is 165 Å². The number of hydrogen-bond donors (Lipinski definition) is 1. The third-order valence-electron chi connectivity index (χ3n) is 5.83. The van der Waals surface area contributed by atoms with Gasteiger partial charge in [0.05, 0.1) is 24.4 Å². The number of esters is 1. The summed E-state index contributed by atoms with van der Waals surface area (Å²) in [6.07, 6.45) is 1.43. The van der Waals surface area contributed by atoms with Crippen molar-refractivity contribution in [2.75, 3.05) is 39.9 Å². The minimum Gasteiger partial charge on any atom is -0.465 e. The van der Waals surface area contributed by atoms with E-state index in [0.717, 1.165) is 12.8 Å². The quantitative estimate of drug-likeness (QED) is 0.601. The van der Waals surface area contributed by atoms with Gasteiger partial charge in [0.25, 0.3) is 5.91 Å². The smallest absolute Gasteiger partial charge is 0.339 e. The lowest BCUT2D eigenvalue weighted by atomic mass is 10.0. The molecule has 1 aromatic rings. The molecule has 2 saturated heterocycles. The SMILES string of the molecule is COC(=O)c1c(C)[nH]c(C(=O)[C@H](C)N2CCN(C(=O)[C@H]3CCCO3)CC2)c1C. The number of nitrogens with one attached hydrogen (secondary N) is 1. The van der Waals surface area contributed by atoms with Crippen LogP contribution in [0.4, 0.5) is 0 Å². The van der Waals surface area contributed by atoms with Gasteiger partial charge in [0, 0.05) is 38.5 Å². The highest BCUT2D eigenvalue weighted by atomic mass is 16.5. The van der Waals surface area contributed by atoms with Gasteiger partial charge in [-0.1, -0.05) is 0 Å². The van der Waals surface area contributed by atoms with E-state index in [1.165, 1.54) is 7.11 Å². The van der Waals surface area contributed by atoms with Gasteiger partial charge in [-0.15, -0.1) is 0 Å². The van der Waals surface area contributed by atoms with Crippen molar-refractivity contribution in [3.8, 4) is 0 Å². The number of rotatable bonds is 5. The molecular formula is C20H29N3O5.